The predicted octanol–water partition coefficient (Wildman–Crippen LogP) is 3.45. The second-order valence-electron chi connectivity index (χ2n) is 8.22. The van der Waals surface area contributed by atoms with E-state index >= 15 is 0 Å². The van der Waals surface area contributed by atoms with Crippen LogP contribution in [0.15, 0.2) is 42.7 Å². The van der Waals surface area contributed by atoms with Crippen molar-refractivity contribution in [3.8, 4) is 0 Å². The molecule has 0 unspecified atom stereocenters. The highest BCUT2D eigenvalue weighted by Gasteiger charge is 2.22. The molecule has 1 saturated heterocycles. The molecule has 1 fully saturated rings. The Labute approximate surface area is 162 Å². The summed E-state index contributed by atoms with van der Waals surface area (Å²) in [7, 11) is 0. The number of anilines is 1. The third kappa shape index (κ3) is 5.28. The number of hydrogen-bond donors (Lipinski definition) is 0. The van der Waals surface area contributed by atoms with Crippen molar-refractivity contribution in [2.24, 2.45) is 0 Å². The number of piperazine rings is 1. The number of carbonyl (C=O) groups is 1. The van der Waals surface area contributed by atoms with E-state index in [9.17, 15) is 4.79 Å². The fourth-order valence-corrected chi connectivity index (χ4v) is 3.38. The van der Waals surface area contributed by atoms with Gasteiger partial charge in [-0.15, -0.1) is 0 Å². The van der Waals surface area contributed by atoms with Gasteiger partial charge in [0.25, 0.3) is 0 Å². The molecule has 0 spiro atoms. The van der Waals surface area contributed by atoms with Crippen LogP contribution in [0.5, 0.6) is 0 Å². The van der Waals surface area contributed by atoms with E-state index in [0.717, 1.165) is 45.0 Å². The molecule has 2 heterocycles. The third-order valence-electron chi connectivity index (χ3n) is 5.14. The first-order valence-electron chi connectivity index (χ1n) is 9.83. The van der Waals surface area contributed by atoms with Crippen LogP contribution in [0.25, 0.3) is 0 Å². The lowest BCUT2D eigenvalue weighted by atomic mass is 9.86. The van der Waals surface area contributed by atoms with E-state index in [1.165, 1.54) is 11.1 Å². The number of rotatable bonds is 5. The van der Waals surface area contributed by atoms with Gasteiger partial charge in [0.1, 0.15) is 0 Å². The van der Waals surface area contributed by atoms with Crippen LogP contribution in [-0.2, 0) is 16.6 Å². The zero-order valence-corrected chi connectivity index (χ0v) is 16.7. The smallest absolute Gasteiger partial charge is 0.225 e. The minimum atomic E-state index is 0.182. The maximum absolute atomic E-state index is 12.5. The minimum absolute atomic E-state index is 0.182. The Hall–Kier alpha value is -2.43. The Bertz CT molecular complexity index is 729. The van der Waals surface area contributed by atoms with E-state index in [4.69, 9.17) is 0 Å². The van der Waals surface area contributed by atoms with Gasteiger partial charge in [-0.05, 0) is 35.4 Å². The molecule has 1 aliphatic heterocycles. The van der Waals surface area contributed by atoms with Gasteiger partial charge >= 0.3 is 0 Å². The van der Waals surface area contributed by atoms with Crippen LogP contribution in [-0.4, -0.2) is 47.0 Å². The summed E-state index contributed by atoms with van der Waals surface area (Å²) in [5.41, 5.74) is 2.84. The molecular weight excluding hydrogens is 336 g/mol. The van der Waals surface area contributed by atoms with Gasteiger partial charge in [-0.2, -0.15) is 0 Å². The van der Waals surface area contributed by atoms with Crippen LogP contribution in [0.3, 0.4) is 0 Å². The molecule has 0 saturated carbocycles. The predicted molar refractivity (Wildman–Crippen MR) is 109 cm³/mol. The Balaban J connectivity index is 1.41. The monoisotopic (exact) mass is 366 g/mol. The van der Waals surface area contributed by atoms with Gasteiger partial charge in [0.2, 0.25) is 11.9 Å². The summed E-state index contributed by atoms with van der Waals surface area (Å²) >= 11 is 0. The summed E-state index contributed by atoms with van der Waals surface area (Å²) in [6, 6.07) is 10.6. The molecule has 3 rings (SSSR count). The summed E-state index contributed by atoms with van der Waals surface area (Å²) < 4.78 is 0. The molecular formula is C22H30N4O. The normalized spacial score (nSPS) is 15.1. The molecule has 1 aliphatic rings. The van der Waals surface area contributed by atoms with E-state index in [1.807, 2.05) is 11.0 Å². The average molecular weight is 367 g/mol. The van der Waals surface area contributed by atoms with Gasteiger partial charge in [0.15, 0.2) is 0 Å². The fraction of sp³-hybridized carbons (Fsp3) is 0.500. The average Bonchev–Trinajstić information content (AvgIpc) is 2.68. The summed E-state index contributed by atoms with van der Waals surface area (Å²) in [6.45, 7) is 9.77. The van der Waals surface area contributed by atoms with Crippen LogP contribution in [0.2, 0.25) is 0 Å². The van der Waals surface area contributed by atoms with Gasteiger partial charge in [0, 0.05) is 45.0 Å². The molecule has 1 amide bonds. The quantitative estimate of drug-likeness (QED) is 0.813. The number of nitrogens with zero attached hydrogens (tertiary/aromatic N) is 4. The Morgan fingerprint density at radius 2 is 1.63 bits per heavy atom. The SMILES string of the molecule is CC(C)(C)c1ccc(CCCC(=O)N2CCN(c3ncccn3)CC2)cc1. The Kier molecular flexibility index (Phi) is 6.09. The van der Waals surface area contributed by atoms with Crippen LogP contribution >= 0.6 is 0 Å². The molecule has 5 heteroatoms. The van der Waals surface area contributed by atoms with Crippen molar-refractivity contribution in [3.05, 3.63) is 53.9 Å². The molecule has 5 nitrogen and oxygen atoms in total. The Morgan fingerprint density at radius 1 is 1.00 bits per heavy atom. The van der Waals surface area contributed by atoms with Gasteiger partial charge in [0.05, 0.1) is 0 Å². The highest BCUT2D eigenvalue weighted by atomic mass is 16.2. The second kappa shape index (κ2) is 8.51. The third-order valence-corrected chi connectivity index (χ3v) is 5.14. The van der Waals surface area contributed by atoms with E-state index in [1.54, 1.807) is 12.4 Å². The lowest BCUT2D eigenvalue weighted by molar-refractivity contribution is -0.131. The van der Waals surface area contributed by atoms with Crippen LogP contribution in [0.4, 0.5) is 5.95 Å². The molecule has 0 aliphatic carbocycles. The zero-order valence-electron chi connectivity index (χ0n) is 16.7. The maximum atomic E-state index is 12.5. The summed E-state index contributed by atoms with van der Waals surface area (Å²) in [4.78, 5) is 25.2. The molecule has 0 atom stereocenters. The fourth-order valence-electron chi connectivity index (χ4n) is 3.38. The van der Waals surface area contributed by atoms with Crippen LogP contribution in [0.1, 0.15) is 44.7 Å². The van der Waals surface area contributed by atoms with E-state index in [-0.39, 0.29) is 11.3 Å². The highest BCUT2D eigenvalue weighted by Crippen LogP contribution is 2.22. The molecule has 1 aromatic heterocycles. The van der Waals surface area contributed by atoms with E-state index in [2.05, 4.69) is 59.9 Å². The van der Waals surface area contributed by atoms with Crippen molar-refractivity contribution >= 4 is 11.9 Å². The van der Waals surface area contributed by atoms with Gasteiger partial charge in [-0.25, -0.2) is 9.97 Å². The van der Waals surface area contributed by atoms with Crippen LogP contribution in [0, 0.1) is 0 Å². The van der Waals surface area contributed by atoms with Crippen molar-refractivity contribution in [3.63, 3.8) is 0 Å². The lowest BCUT2D eigenvalue weighted by Crippen LogP contribution is -2.49. The number of aromatic nitrogens is 2. The molecule has 0 radical (unpaired) electrons. The van der Waals surface area contributed by atoms with Gasteiger partial charge < -0.3 is 9.80 Å². The first-order chi connectivity index (χ1) is 12.9. The second-order valence-corrected chi connectivity index (χ2v) is 8.22. The van der Waals surface area contributed by atoms with Crippen molar-refractivity contribution in [1.29, 1.82) is 0 Å². The van der Waals surface area contributed by atoms with E-state index < -0.39 is 0 Å². The largest absolute Gasteiger partial charge is 0.339 e. The first-order valence-corrected chi connectivity index (χ1v) is 9.83. The number of benzene rings is 1. The van der Waals surface area contributed by atoms with Crippen LogP contribution < -0.4 is 4.90 Å². The first kappa shape index (κ1) is 19.3. The number of carbonyl (C=O) groups excluding carboxylic acids is 1. The molecule has 0 N–H and O–H groups in total. The minimum Gasteiger partial charge on any atom is -0.339 e. The highest BCUT2D eigenvalue weighted by molar-refractivity contribution is 5.76. The van der Waals surface area contributed by atoms with Crippen molar-refractivity contribution < 1.29 is 4.79 Å². The van der Waals surface area contributed by atoms with Gasteiger partial charge in [-0.1, -0.05) is 45.0 Å². The van der Waals surface area contributed by atoms with Crippen molar-refractivity contribution in [2.75, 3.05) is 31.1 Å². The number of aryl methyl sites for hydroxylation is 1. The maximum Gasteiger partial charge on any atom is 0.225 e. The zero-order chi connectivity index (χ0) is 19.3. The lowest BCUT2D eigenvalue weighted by Gasteiger charge is -2.34. The van der Waals surface area contributed by atoms with Crippen molar-refractivity contribution in [2.45, 2.75) is 45.4 Å². The summed E-state index contributed by atoms with van der Waals surface area (Å²) in [6.07, 6.45) is 5.98. The summed E-state index contributed by atoms with van der Waals surface area (Å²) in [5, 5.41) is 0. The summed E-state index contributed by atoms with van der Waals surface area (Å²) in [5.74, 6) is 1.01. The van der Waals surface area contributed by atoms with Crippen molar-refractivity contribution in [1.82, 2.24) is 14.9 Å². The standard InChI is InChI=1S/C22H30N4O/c1-22(2,3)19-10-8-18(9-11-19)6-4-7-20(27)25-14-16-26(17-15-25)21-23-12-5-13-24-21/h5,8-13H,4,6-7,14-17H2,1-3H3. The number of hydrogen-bond acceptors (Lipinski definition) is 4. The molecule has 27 heavy (non-hydrogen) atoms. The number of amides is 1. The molecule has 144 valence electrons. The Morgan fingerprint density at radius 3 is 2.22 bits per heavy atom. The van der Waals surface area contributed by atoms with Gasteiger partial charge in [-0.3, -0.25) is 4.79 Å². The molecule has 2 aromatic rings. The van der Waals surface area contributed by atoms with E-state index in [0.29, 0.717) is 6.42 Å². The topological polar surface area (TPSA) is 49.3 Å². The molecule has 0 bridgehead atoms. The molecule has 1 aromatic carbocycles.